The molecule has 0 aliphatic carbocycles. The van der Waals surface area contributed by atoms with E-state index < -0.39 is 0 Å². The van der Waals surface area contributed by atoms with E-state index in [4.69, 9.17) is 0 Å². The molecule has 1 aliphatic heterocycles. The third-order valence-corrected chi connectivity index (χ3v) is 5.31. The number of aromatic nitrogens is 3. The fraction of sp³-hybridized carbons (Fsp3) is 0.500. The second kappa shape index (κ2) is 8.47. The van der Waals surface area contributed by atoms with Crippen molar-refractivity contribution in [2.45, 2.75) is 37.8 Å². The van der Waals surface area contributed by atoms with Crippen LogP contribution >= 0.6 is 11.8 Å². The molecule has 1 aromatic heterocycles. The summed E-state index contributed by atoms with van der Waals surface area (Å²) in [5.41, 5.74) is 1.13. The molecule has 1 aromatic carbocycles. The zero-order valence-corrected chi connectivity index (χ0v) is 15.2. The molecule has 134 valence electrons. The second-order valence-corrected chi connectivity index (χ2v) is 7.33. The van der Waals surface area contributed by atoms with Crippen LogP contribution in [0.1, 0.15) is 31.2 Å². The average Bonchev–Trinajstić information content (AvgIpc) is 3.10. The maximum atomic E-state index is 13.0. The van der Waals surface area contributed by atoms with Gasteiger partial charge in [-0.2, -0.15) is 0 Å². The molecule has 1 aliphatic rings. The van der Waals surface area contributed by atoms with Gasteiger partial charge in [-0.1, -0.05) is 30.8 Å². The highest BCUT2D eigenvalue weighted by Gasteiger charge is 2.24. The van der Waals surface area contributed by atoms with E-state index in [1.165, 1.54) is 23.9 Å². The van der Waals surface area contributed by atoms with Crippen molar-refractivity contribution < 1.29 is 9.18 Å². The molecule has 0 spiro atoms. The maximum Gasteiger partial charge on any atom is 0.233 e. The number of nitrogens with zero attached hydrogens (tertiary/aromatic N) is 3. The van der Waals surface area contributed by atoms with E-state index >= 15 is 0 Å². The SMILES string of the molecule is CCc1nc(SCC(=O)N2CCCC(Cc3ccc(F)cc3)C2)n[nH]1. The predicted octanol–water partition coefficient (Wildman–Crippen LogP) is 3.08. The Labute approximate surface area is 151 Å². The molecule has 0 bridgehead atoms. The highest BCUT2D eigenvalue weighted by atomic mass is 32.2. The molecule has 0 radical (unpaired) electrons. The van der Waals surface area contributed by atoms with Crippen molar-refractivity contribution in [2.75, 3.05) is 18.8 Å². The number of aromatic amines is 1. The first-order chi connectivity index (χ1) is 12.1. The number of carbonyl (C=O) groups excluding carboxylic acids is 1. The average molecular weight is 362 g/mol. The smallest absolute Gasteiger partial charge is 0.233 e. The summed E-state index contributed by atoms with van der Waals surface area (Å²) in [5, 5.41) is 7.60. The first-order valence-corrected chi connectivity index (χ1v) is 9.69. The number of carbonyl (C=O) groups is 1. The molecule has 7 heteroatoms. The molecule has 1 saturated heterocycles. The van der Waals surface area contributed by atoms with Crippen LogP contribution in [0.25, 0.3) is 0 Å². The van der Waals surface area contributed by atoms with Gasteiger partial charge >= 0.3 is 0 Å². The van der Waals surface area contributed by atoms with Crippen LogP contribution in [-0.2, 0) is 17.6 Å². The van der Waals surface area contributed by atoms with E-state index in [9.17, 15) is 9.18 Å². The van der Waals surface area contributed by atoms with Crippen LogP contribution in [-0.4, -0.2) is 44.8 Å². The largest absolute Gasteiger partial charge is 0.342 e. The number of hydrogen-bond donors (Lipinski definition) is 1. The highest BCUT2D eigenvalue weighted by Crippen LogP contribution is 2.22. The van der Waals surface area contributed by atoms with Gasteiger partial charge in [0.2, 0.25) is 11.1 Å². The van der Waals surface area contributed by atoms with E-state index in [-0.39, 0.29) is 11.7 Å². The summed E-state index contributed by atoms with van der Waals surface area (Å²) in [6.07, 6.45) is 3.81. The van der Waals surface area contributed by atoms with Crippen LogP contribution in [0.5, 0.6) is 0 Å². The van der Waals surface area contributed by atoms with Gasteiger partial charge in [-0.15, -0.1) is 5.10 Å². The summed E-state index contributed by atoms with van der Waals surface area (Å²) in [6, 6.07) is 6.67. The van der Waals surface area contributed by atoms with E-state index in [1.807, 2.05) is 24.0 Å². The lowest BCUT2D eigenvalue weighted by atomic mass is 9.91. The number of halogens is 1. The molecule has 25 heavy (non-hydrogen) atoms. The number of nitrogens with one attached hydrogen (secondary N) is 1. The van der Waals surface area contributed by atoms with Gasteiger partial charge in [-0.05, 0) is 42.9 Å². The van der Waals surface area contributed by atoms with Gasteiger partial charge in [0.05, 0.1) is 5.75 Å². The summed E-state index contributed by atoms with van der Waals surface area (Å²) in [5.74, 6) is 1.57. The maximum absolute atomic E-state index is 13.0. The zero-order chi connectivity index (χ0) is 17.6. The van der Waals surface area contributed by atoms with E-state index in [0.717, 1.165) is 50.2 Å². The van der Waals surface area contributed by atoms with Crippen molar-refractivity contribution >= 4 is 17.7 Å². The Morgan fingerprint density at radius 1 is 1.40 bits per heavy atom. The lowest BCUT2D eigenvalue weighted by Gasteiger charge is -2.32. The molecule has 1 N–H and O–H groups in total. The number of amides is 1. The standard InChI is InChI=1S/C18H23FN4OS/c1-2-16-20-18(22-21-16)25-12-17(24)23-9-3-4-14(11-23)10-13-5-7-15(19)8-6-13/h5-8,14H,2-4,9-12H2,1H3,(H,20,21,22). The summed E-state index contributed by atoms with van der Waals surface area (Å²) in [7, 11) is 0. The van der Waals surface area contributed by atoms with E-state index in [0.29, 0.717) is 16.8 Å². The molecule has 1 atom stereocenters. The van der Waals surface area contributed by atoms with Gasteiger partial charge in [-0.25, -0.2) is 9.37 Å². The lowest BCUT2D eigenvalue weighted by Crippen LogP contribution is -2.41. The summed E-state index contributed by atoms with van der Waals surface area (Å²) >= 11 is 1.38. The number of aryl methyl sites for hydroxylation is 1. The number of piperidine rings is 1. The molecule has 1 unspecified atom stereocenters. The van der Waals surface area contributed by atoms with Crippen LogP contribution in [0.15, 0.2) is 29.4 Å². The van der Waals surface area contributed by atoms with Crippen molar-refractivity contribution in [3.8, 4) is 0 Å². The number of H-pyrrole nitrogens is 1. The number of hydrogen-bond acceptors (Lipinski definition) is 4. The first-order valence-electron chi connectivity index (χ1n) is 8.70. The van der Waals surface area contributed by atoms with Gasteiger partial charge in [0, 0.05) is 19.5 Å². The van der Waals surface area contributed by atoms with E-state index in [1.54, 1.807) is 0 Å². The van der Waals surface area contributed by atoms with Crippen LogP contribution < -0.4 is 0 Å². The van der Waals surface area contributed by atoms with Gasteiger partial charge in [0.25, 0.3) is 0 Å². The van der Waals surface area contributed by atoms with Crippen molar-refractivity contribution in [3.05, 3.63) is 41.5 Å². The van der Waals surface area contributed by atoms with Crippen LogP contribution in [0.2, 0.25) is 0 Å². The van der Waals surface area contributed by atoms with Gasteiger partial charge in [0.1, 0.15) is 11.6 Å². The third-order valence-electron chi connectivity index (χ3n) is 4.48. The minimum atomic E-state index is -0.209. The minimum absolute atomic E-state index is 0.136. The number of likely N-dealkylation sites (tertiary alicyclic amines) is 1. The quantitative estimate of drug-likeness (QED) is 0.802. The molecule has 5 nitrogen and oxygen atoms in total. The summed E-state index contributed by atoms with van der Waals surface area (Å²) in [4.78, 5) is 18.7. The molecule has 0 saturated carbocycles. The second-order valence-electron chi connectivity index (χ2n) is 6.39. The first kappa shape index (κ1) is 17.9. The Kier molecular flexibility index (Phi) is 6.07. The van der Waals surface area contributed by atoms with Crippen LogP contribution in [0.4, 0.5) is 4.39 Å². The predicted molar refractivity (Wildman–Crippen MR) is 95.9 cm³/mol. The van der Waals surface area contributed by atoms with Crippen molar-refractivity contribution in [3.63, 3.8) is 0 Å². The summed E-state index contributed by atoms with van der Waals surface area (Å²) in [6.45, 7) is 3.59. The van der Waals surface area contributed by atoms with Gasteiger partial charge < -0.3 is 4.90 Å². The Hall–Kier alpha value is -1.89. The number of rotatable bonds is 6. The van der Waals surface area contributed by atoms with Crippen molar-refractivity contribution in [2.24, 2.45) is 5.92 Å². The topological polar surface area (TPSA) is 61.9 Å². The molecule has 3 rings (SSSR count). The van der Waals surface area contributed by atoms with Crippen molar-refractivity contribution in [1.82, 2.24) is 20.1 Å². The molecular formula is C18H23FN4OS. The minimum Gasteiger partial charge on any atom is -0.342 e. The molecule has 2 aromatic rings. The number of benzene rings is 1. The molecule has 2 heterocycles. The van der Waals surface area contributed by atoms with Crippen LogP contribution in [0.3, 0.4) is 0 Å². The van der Waals surface area contributed by atoms with Crippen LogP contribution in [0, 0.1) is 11.7 Å². The highest BCUT2D eigenvalue weighted by molar-refractivity contribution is 7.99. The Morgan fingerprint density at radius 3 is 2.92 bits per heavy atom. The Balaban J connectivity index is 1.49. The third kappa shape index (κ3) is 5.04. The number of thioether (sulfide) groups is 1. The van der Waals surface area contributed by atoms with E-state index in [2.05, 4.69) is 15.2 Å². The Morgan fingerprint density at radius 2 is 2.20 bits per heavy atom. The molecule has 1 amide bonds. The van der Waals surface area contributed by atoms with Gasteiger partial charge in [0.15, 0.2) is 0 Å². The zero-order valence-electron chi connectivity index (χ0n) is 14.4. The monoisotopic (exact) mass is 362 g/mol. The van der Waals surface area contributed by atoms with Gasteiger partial charge in [-0.3, -0.25) is 9.89 Å². The normalized spacial score (nSPS) is 17.7. The molecule has 1 fully saturated rings. The fourth-order valence-corrected chi connectivity index (χ4v) is 3.85. The fourth-order valence-electron chi connectivity index (χ4n) is 3.13. The molecular weight excluding hydrogens is 339 g/mol. The van der Waals surface area contributed by atoms with Crippen molar-refractivity contribution in [1.29, 1.82) is 0 Å². The summed E-state index contributed by atoms with van der Waals surface area (Å²) < 4.78 is 13.0. The Bertz CT molecular complexity index is 703. The lowest BCUT2D eigenvalue weighted by molar-refractivity contribution is -0.130.